The predicted octanol–water partition coefficient (Wildman–Crippen LogP) is 1.45. The molecule has 0 rings (SSSR count). The average Bonchev–Trinajstić information content (AvgIpc) is 2.22. The number of carboxylic acid groups (broad SMARTS) is 1. The molecule has 0 aliphatic heterocycles. The number of hydrogen-bond acceptors (Lipinski definition) is 3. The van der Waals surface area contributed by atoms with Gasteiger partial charge in [0.2, 0.25) is 5.91 Å². The summed E-state index contributed by atoms with van der Waals surface area (Å²) in [7, 11) is 1.53. The summed E-state index contributed by atoms with van der Waals surface area (Å²) in [6.07, 6.45) is 3.20. The van der Waals surface area contributed by atoms with Gasteiger partial charge in [-0.25, -0.2) is 4.79 Å². The van der Waals surface area contributed by atoms with Crippen molar-refractivity contribution in [1.82, 2.24) is 4.90 Å². The van der Waals surface area contributed by atoms with Crippen LogP contribution in [0.2, 0.25) is 0 Å². The zero-order chi connectivity index (χ0) is 12.0. The van der Waals surface area contributed by atoms with E-state index >= 15 is 0 Å². The molecule has 0 heterocycles. The largest absolute Gasteiger partial charge is 0.480 e. The number of carbonyl (C=O) groups is 2. The van der Waals surface area contributed by atoms with Gasteiger partial charge < -0.3 is 10.0 Å². The van der Waals surface area contributed by atoms with Crippen molar-refractivity contribution in [2.24, 2.45) is 0 Å². The number of amides is 1. The molecule has 88 valence electrons. The predicted molar refractivity (Wildman–Crippen MR) is 62.1 cm³/mol. The van der Waals surface area contributed by atoms with E-state index in [1.807, 2.05) is 6.26 Å². The van der Waals surface area contributed by atoms with Crippen molar-refractivity contribution in [3.05, 3.63) is 0 Å². The molecule has 2 atom stereocenters. The molecule has 1 N–H and O–H groups in total. The average molecular weight is 233 g/mol. The van der Waals surface area contributed by atoms with Crippen LogP contribution in [-0.2, 0) is 9.59 Å². The first-order valence-electron chi connectivity index (χ1n) is 4.91. The third kappa shape index (κ3) is 5.06. The maximum absolute atomic E-state index is 11.6. The molecule has 0 aromatic rings. The fourth-order valence-corrected chi connectivity index (χ4v) is 1.36. The summed E-state index contributed by atoms with van der Waals surface area (Å²) in [5.74, 6) is -1.07. The monoisotopic (exact) mass is 233 g/mol. The van der Waals surface area contributed by atoms with Crippen molar-refractivity contribution in [2.75, 3.05) is 13.3 Å². The quantitative estimate of drug-likeness (QED) is 0.754. The van der Waals surface area contributed by atoms with E-state index in [-0.39, 0.29) is 5.91 Å². The van der Waals surface area contributed by atoms with Gasteiger partial charge in [-0.05, 0) is 19.6 Å². The molecule has 0 aliphatic carbocycles. The standard InChI is InChI=1S/C10H19NO3S/c1-7(15-4)5-6-9(12)11(3)8(2)10(13)14/h7-8H,5-6H2,1-4H3,(H,13,14)/t7?,8-/m0/s1. The fraction of sp³-hybridized carbons (Fsp3) is 0.800. The molecule has 1 amide bonds. The van der Waals surface area contributed by atoms with E-state index in [0.717, 1.165) is 6.42 Å². The Morgan fingerprint density at radius 1 is 1.40 bits per heavy atom. The summed E-state index contributed by atoms with van der Waals surface area (Å²) in [4.78, 5) is 23.5. The Hall–Kier alpha value is -0.710. The minimum atomic E-state index is -0.969. The highest BCUT2D eigenvalue weighted by Crippen LogP contribution is 2.13. The van der Waals surface area contributed by atoms with E-state index in [1.54, 1.807) is 11.8 Å². The summed E-state index contributed by atoms with van der Waals surface area (Å²) < 4.78 is 0. The van der Waals surface area contributed by atoms with Crippen LogP contribution in [0, 0.1) is 0 Å². The molecule has 0 aromatic carbocycles. The van der Waals surface area contributed by atoms with Gasteiger partial charge in [-0.1, -0.05) is 6.92 Å². The molecule has 0 aromatic heterocycles. The highest BCUT2D eigenvalue weighted by molar-refractivity contribution is 7.99. The summed E-state index contributed by atoms with van der Waals surface area (Å²) in [5, 5.41) is 9.16. The van der Waals surface area contributed by atoms with Crippen LogP contribution >= 0.6 is 11.8 Å². The van der Waals surface area contributed by atoms with Crippen LogP contribution in [-0.4, -0.2) is 46.5 Å². The number of thioether (sulfide) groups is 1. The van der Waals surface area contributed by atoms with Crippen LogP contribution < -0.4 is 0 Å². The van der Waals surface area contributed by atoms with Crippen molar-refractivity contribution in [2.45, 2.75) is 38.0 Å². The van der Waals surface area contributed by atoms with E-state index in [9.17, 15) is 9.59 Å². The maximum Gasteiger partial charge on any atom is 0.326 e. The second-order valence-corrected chi connectivity index (χ2v) is 4.88. The lowest BCUT2D eigenvalue weighted by molar-refractivity contribution is -0.148. The number of rotatable bonds is 6. The second kappa shape index (κ2) is 6.71. The molecule has 0 fully saturated rings. The molecular weight excluding hydrogens is 214 g/mol. The Balaban J connectivity index is 4.05. The molecule has 15 heavy (non-hydrogen) atoms. The number of hydrogen-bond donors (Lipinski definition) is 1. The molecule has 1 unspecified atom stereocenters. The highest BCUT2D eigenvalue weighted by atomic mass is 32.2. The van der Waals surface area contributed by atoms with Gasteiger partial charge in [0.25, 0.3) is 0 Å². The Bertz CT molecular complexity index is 233. The number of carboxylic acids is 1. The van der Waals surface area contributed by atoms with Crippen LogP contribution in [0.4, 0.5) is 0 Å². The van der Waals surface area contributed by atoms with Gasteiger partial charge in [-0.15, -0.1) is 0 Å². The SMILES string of the molecule is CSC(C)CCC(=O)N(C)[C@@H](C)C(=O)O. The van der Waals surface area contributed by atoms with Gasteiger partial charge in [0, 0.05) is 18.7 Å². The molecule has 0 bridgehead atoms. The van der Waals surface area contributed by atoms with Crippen LogP contribution in [0.15, 0.2) is 0 Å². The Labute approximate surface area is 95.0 Å². The van der Waals surface area contributed by atoms with Crippen LogP contribution in [0.25, 0.3) is 0 Å². The highest BCUT2D eigenvalue weighted by Gasteiger charge is 2.21. The Morgan fingerprint density at radius 3 is 2.33 bits per heavy atom. The molecule has 0 saturated heterocycles. The van der Waals surface area contributed by atoms with Gasteiger partial charge in [0.15, 0.2) is 0 Å². The van der Waals surface area contributed by atoms with E-state index in [0.29, 0.717) is 11.7 Å². The van der Waals surface area contributed by atoms with Gasteiger partial charge in [0.05, 0.1) is 0 Å². The summed E-state index contributed by atoms with van der Waals surface area (Å²) in [5.41, 5.74) is 0. The third-order valence-corrected chi connectivity index (χ3v) is 3.54. The normalized spacial score (nSPS) is 14.4. The fourth-order valence-electron chi connectivity index (χ4n) is 1.00. The minimum Gasteiger partial charge on any atom is -0.480 e. The number of nitrogens with zero attached hydrogens (tertiary/aromatic N) is 1. The molecule has 0 radical (unpaired) electrons. The van der Waals surface area contributed by atoms with Crippen molar-refractivity contribution in [1.29, 1.82) is 0 Å². The first-order valence-corrected chi connectivity index (χ1v) is 6.20. The lowest BCUT2D eigenvalue weighted by Crippen LogP contribution is -2.40. The number of carbonyl (C=O) groups excluding carboxylic acids is 1. The zero-order valence-electron chi connectivity index (χ0n) is 9.69. The van der Waals surface area contributed by atoms with E-state index < -0.39 is 12.0 Å². The van der Waals surface area contributed by atoms with E-state index in [1.165, 1.54) is 18.9 Å². The number of likely N-dealkylation sites (N-methyl/N-ethyl adjacent to an activating group) is 1. The summed E-state index contributed by atoms with van der Waals surface area (Å²) in [6.45, 7) is 3.57. The van der Waals surface area contributed by atoms with Crippen LogP contribution in [0.5, 0.6) is 0 Å². The molecule has 4 nitrogen and oxygen atoms in total. The molecule has 0 saturated carbocycles. The van der Waals surface area contributed by atoms with Crippen molar-refractivity contribution >= 4 is 23.6 Å². The van der Waals surface area contributed by atoms with Crippen LogP contribution in [0.1, 0.15) is 26.7 Å². The lowest BCUT2D eigenvalue weighted by Gasteiger charge is -2.21. The summed E-state index contributed by atoms with van der Waals surface area (Å²) >= 11 is 1.71. The van der Waals surface area contributed by atoms with Crippen molar-refractivity contribution < 1.29 is 14.7 Å². The Kier molecular flexibility index (Phi) is 6.40. The van der Waals surface area contributed by atoms with Crippen molar-refractivity contribution in [3.63, 3.8) is 0 Å². The number of aliphatic carboxylic acids is 1. The molecule has 5 heteroatoms. The van der Waals surface area contributed by atoms with E-state index in [4.69, 9.17) is 5.11 Å². The van der Waals surface area contributed by atoms with Gasteiger partial charge >= 0.3 is 5.97 Å². The van der Waals surface area contributed by atoms with Crippen molar-refractivity contribution in [3.8, 4) is 0 Å². The topological polar surface area (TPSA) is 57.6 Å². The third-order valence-electron chi connectivity index (χ3n) is 2.50. The minimum absolute atomic E-state index is 0.106. The summed E-state index contributed by atoms with van der Waals surface area (Å²) in [6, 6.07) is -0.748. The first-order chi connectivity index (χ1) is 6.90. The second-order valence-electron chi connectivity index (χ2n) is 3.60. The van der Waals surface area contributed by atoms with E-state index in [2.05, 4.69) is 6.92 Å². The molecule has 0 aliphatic rings. The smallest absolute Gasteiger partial charge is 0.326 e. The molecular formula is C10H19NO3S. The van der Waals surface area contributed by atoms with Gasteiger partial charge in [-0.3, -0.25) is 4.79 Å². The molecule has 0 spiro atoms. The zero-order valence-corrected chi connectivity index (χ0v) is 10.5. The first kappa shape index (κ1) is 14.3. The van der Waals surface area contributed by atoms with Gasteiger partial charge in [0.1, 0.15) is 6.04 Å². The Morgan fingerprint density at radius 2 is 1.93 bits per heavy atom. The van der Waals surface area contributed by atoms with Gasteiger partial charge in [-0.2, -0.15) is 11.8 Å². The van der Waals surface area contributed by atoms with Crippen LogP contribution in [0.3, 0.4) is 0 Å². The maximum atomic E-state index is 11.6. The lowest BCUT2D eigenvalue weighted by atomic mass is 10.2.